The van der Waals surface area contributed by atoms with Gasteiger partial charge in [0.05, 0.1) is 0 Å². The van der Waals surface area contributed by atoms with Crippen molar-refractivity contribution in [2.75, 3.05) is 11.9 Å². The first kappa shape index (κ1) is 13.7. The maximum atomic E-state index is 12.9. The lowest BCUT2D eigenvalue weighted by Gasteiger charge is -2.06. The molecule has 84 valence electrons. The minimum absolute atomic E-state index is 0.138. The summed E-state index contributed by atoms with van der Waals surface area (Å²) in [6, 6.07) is 5.12. The van der Waals surface area contributed by atoms with E-state index in [1.165, 1.54) is 12.5 Å². The summed E-state index contributed by atoms with van der Waals surface area (Å²) in [6.45, 7) is 10.9. The van der Waals surface area contributed by atoms with Gasteiger partial charge in [0.15, 0.2) is 0 Å². The summed E-state index contributed by atoms with van der Waals surface area (Å²) in [5.74, 6) is -0.138. The molecule has 0 saturated heterocycles. The molecule has 2 heteroatoms. The molecule has 0 aliphatic rings. The SMILES string of the molecule is C=C.CCCCNc1ccc(F)c(C)c1. The predicted molar refractivity (Wildman–Crippen MR) is 65.8 cm³/mol. The smallest absolute Gasteiger partial charge is 0.126 e. The van der Waals surface area contributed by atoms with E-state index in [2.05, 4.69) is 25.4 Å². The molecule has 1 aromatic carbocycles. The zero-order chi connectivity index (χ0) is 11.7. The Kier molecular flexibility index (Phi) is 7.33. The highest BCUT2D eigenvalue weighted by molar-refractivity contribution is 5.45. The summed E-state index contributed by atoms with van der Waals surface area (Å²) in [4.78, 5) is 0. The maximum absolute atomic E-state index is 12.9. The average molecular weight is 209 g/mol. The molecule has 0 aromatic heterocycles. The fraction of sp³-hybridized carbons (Fsp3) is 0.385. The van der Waals surface area contributed by atoms with E-state index in [4.69, 9.17) is 0 Å². The predicted octanol–water partition coefficient (Wildman–Crippen LogP) is 4.15. The number of rotatable bonds is 4. The topological polar surface area (TPSA) is 12.0 Å². The quantitative estimate of drug-likeness (QED) is 0.580. The van der Waals surface area contributed by atoms with E-state index >= 15 is 0 Å². The van der Waals surface area contributed by atoms with Gasteiger partial charge >= 0.3 is 0 Å². The number of unbranched alkanes of at least 4 members (excludes halogenated alkanes) is 1. The van der Waals surface area contributed by atoms with Gasteiger partial charge in [-0.2, -0.15) is 0 Å². The third-order valence-electron chi connectivity index (χ3n) is 2.02. The number of hydrogen-bond acceptors (Lipinski definition) is 1. The summed E-state index contributed by atoms with van der Waals surface area (Å²) >= 11 is 0. The van der Waals surface area contributed by atoms with E-state index in [-0.39, 0.29) is 5.82 Å². The molecule has 0 spiro atoms. The van der Waals surface area contributed by atoms with Crippen molar-refractivity contribution in [2.24, 2.45) is 0 Å². The van der Waals surface area contributed by atoms with Crippen molar-refractivity contribution in [3.05, 3.63) is 42.7 Å². The summed E-state index contributed by atoms with van der Waals surface area (Å²) < 4.78 is 12.9. The molecule has 0 heterocycles. The van der Waals surface area contributed by atoms with Crippen LogP contribution in [0, 0.1) is 12.7 Å². The number of anilines is 1. The Morgan fingerprint density at radius 2 is 2.00 bits per heavy atom. The van der Waals surface area contributed by atoms with Gasteiger partial charge in [-0.3, -0.25) is 0 Å². The van der Waals surface area contributed by atoms with Crippen LogP contribution in [-0.4, -0.2) is 6.54 Å². The second kappa shape index (κ2) is 8.04. The van der Waals surface area contributed by atoms with Crippen LogP contribution in [0.3, 0.4) is 0 Å². The van der Waals surface area contributed by atoms with Crippen molar-refractivity contribution in [1.29, 1.82) is 0 Å². The van der Waals surface area contributed by atoms with Crippen LogP contribution in [0.5, 0.6) is 0 Å². The first-order valence-electron chi connectivity index (χ1n) is 5.24. The van der Waals surface area contributed by atoms with Gasteiger partial charge in [0.25, 0.3) is 0 Å². The van der Waals surface area contributed by atoms with E-state index in [1.807, 2.05) is 6.07 Å². The second-order valence-electron chi connectivity index (χ2n) is 3.24. The molecule has 0 aliphatic carbocycles. The first-order chi connectivity index (χ1) is 7.24. The number of nitrogens with one attached hydrogen (secondary N) is 1. The summed E-state index contributed by atoms with van der Waals surface area (Å²) in [7, 11) is 0. The van der Waals surface area contributed by atoms with Gasteiger partial charge in [0, 0.05) is 12.2 Å². The van der Waals surface area contributed by atoms with Gasteiger partial charge in [-0.1, -0.05) is 13.3 Å². The Balaban J connectivity index is 0.000000921. The molecule has 1 nitrogen and oxygen atoms in total. The van der Waals surface area contributed by atoms with E-state index in [0.717, 1.165) is 18.7 Å². The van der Waals surface area contributed by atoms with Crippen molar-refractivity contribution in [2.45, 2.75) is 26.7 Å². The van der Waals surface area contributed by atoms with Crippen molar-refractivity contribution in [3.63, 3.8) is 0 Å². The molecule has 0 unspecified atom stereocenters. The first-order valence-corrected chi connectivity index (χ1v) is 5.24. The van der Waals surface area contributed by atoms with E-state index in [1.54, 1.807) is 13.0 Å². The lowest BCUT2D eigenvalue weighted by atomic mass is 10.2. The van der Waals surface area contributed by atoms with Crippen LogP contribution in [0.4, 0.5) is 10.1 Å². The minimum atomic E-state index is -0.138. The van der Waals surface area contributed by atoms with Crippen molar-refractivity contribution < 1.29 is 4.39 Å². The van der Waals surface area contributed by atoms with Crippen molar-refractivity contribution >= 4 is 5.69 Å². The summed E-state index contributed by atoms with van der Waals surface area (Å²) in [5.41, 5.74) is 1.70. The largest absolute Gasteiger partial charge is 0.385 e. The van der Waals surface area contributed by atoms with E-state index < -0.39 is 0 Å². The minimum Gasteiger partial charge on any atom is -0.385 e. The average Bonchev–Trinajstić information content (AvgIpc) is 2.27. The third kappa shape index (κ3) is 5.21. The van der Waals surface area contributed by atoms with Gasteiger partial charge in [-0.05, 0) is 37.1 Å². The molecule has 0 amide bonds. The molecule has 0 radical (unpaired) electrons. The maximum Gasteiger partial charge on any atom is 0.126 e. The van der Waals surface area contributed by atoms with Crippen molar-refractivity contribution in [1.82, 2.24) is 0 Å². The Morgan fingerprint density at radius 1 is 1.33 bits per heavy atom. The van der Waals surface area contributed by atoms with Crippen LogP contribution in [0.15, 0.2) is 31.4 Å². The monoisotopic (exact) mass is 209 g/mol. The highest BCUT2D eigenvalue weighted by Gasteiger charge is 1.97. The second-order valence-corrected chi connectivity index (χ2v) is 3.24. The fourth-order valence-corrected chi connectivity index (χ4v) is 1.16. The van der Waals surface area contributed by atoms with Gasteiger partial charge < -0.3 is 5.32 Å². The van der Waals surface area contributed by atoms with Crippen LogP contribution in [0.1, 0.15) is 25.3 Å². The number of benzene rings is 1. The lowest BCUT2D eigenvalue weighted by molar-refractivity contribution is 0.618. The number of hydrogen-bond donors (Lipinski definition) is 1. The number of aryl methyl sites for hydroxylation is 1. The van der Waals surface area contributed by atoms with Crippen LogP contribution >= 0.6 is 0 Å². The van der Waals surface area contributed by atoms with Gasteiger partial charge in [-0.15, -0.1) is 13.2 Å². The van der Waals surface area contributed by atoms with E-state index in [0.29, 0.717) is 5.56 Å². The zero-order valence-electron chi connectivity index (χ0n) is 9.65. The molecular weight excluding hydrogens is 189 g/mol. The molecule has 15 heavy (non-hydrogen) atoms. The molecule has 1 N–H and O–H groups in total. The Labute approximate surface area is 92.0 Å². The molecule has 0 saturated carbocycles. The number of halogens is 1. The van der Waals surface area contributed by atoms with Crippen LogP contribution < -0.4 is 5.32 Å². The van der Waals surface area contributed by atoms with Crippen LogP contribution in [-0.2, 0) is 0 Å². The third-order valence-corrected chi connectivity index (χ3v) is 2.02. The highest BCUT2D eigenvalue weighted by Crippen LogP contribution is 2.13. The molecule has 1 rings (SSSR count). The van der Waals surface area contributed by atoms with Crippen LogP contribution in [0.25, 0.3) is 0 Å². The normalized spacial score (nSPS) is 9.00. The Morgan fingerprint density at radius 3 is 2.53 bits per heavy atom. The van der Waals surface area contributed by atoms with Gasteiger partial charge in [-0.25, -0.2) is 4.39 Å². The van der Waals surface area contributed by atoms with Gasteiger partial charge in [0.2, 0.25) is 0 Å². The zero-order valence-corrected chi connectivity index (χ0v) is 9.65. The molecule has 0 fully saturated rings. The Hall–Kier alpha value is -1.31. The molecule has 0 aliphatic heterocycles. The summed E-state index contributed by atoms with van der Waals surface area (Å²) in [6.07, 6.45) is 2.32. The molecule has 1 aromatic rings. The lowest BCUT2D eigenvalue weighted by Crippen LogP contribution is -2.01. The standard InChI is InChI=1S/C11H16FN.C2H4/c1-3-4-7-13-10-5-6-11(12)9(2)8-10;1-2/h5-6,8,13H,3-4,7H2,1-2H3;1-2H2. The van der Waals surface area contributed by atoms with Crippen LogP contribution in [0.2, 0.25) is 0 Å². The van der Waals surface area contributed by atoms with E-state index in [9.17, 15) is 4.39 Å². The Bertz CT molecular complexity index is 284. The highest BCUT2D eigenvalue weighted by atomic mass is 19.1. The van der Waals surface area contributed by atoms with Crippen molar-refractivity contribution in [3.8, 4) is 0 Å². The molecular formula is C13H20FN. The van der Waals surface area contributed by atoms with Gasteiger partial charge in [0.1, 0.15) is 5.82 Å². The molecule has 0 bridgehead atoms. The molecule has 0 atom stereocenters. The summed E-state index contributed by atoms with van der Waals surface area (Å²) in [5, 5.41) is 3.25. The fourth-order valence-electron chi connectivity index (χ4n) is 1.16.